The van der Waals surface area contributed by atoms with Gasteiger partial charge in [-0.1, -0.05) is 0 Å². The van der Waals surface area contributed by atoms with Crippen LogP contribution in [0.1, 0.15) is 0 Å². The van der Waals surface area contributed by atoms with E-state index in [9.17, 15) is 18.0 Å². The van der Waals surface area contributed by atoms with Gasteiger partial charge in [-0.3, -0.25) is 9.48 Å². The fraction of sp³-hybridized carbons (Fsp3) is 0.444. The summed E-state index contributed by atoms with van der Waals surface area (Å²) in [5, 5.41) is 17.0. The zero-order valence-electron chi connectivity index (χ0n) is 10.2. The molecule has 0 saturated heterocycles. The van der Waals surface area contributed by atoms with Crippen LogP contribution in [0.15, 0.2) is 12.4 Å². The van der Waals surface area contributed by atoms with Crippen molar-refractivity contribution in [2.75, 3.05) is 23.9 Å². The first kappa shape index (κ1) is 15.0. The summed E-state index contributed by atoms with van der Waals surface area (Å²) in [5.41, 5.74) is 0.318. The third-order valence-electron chi connectivity index (χ3n) is 1.95. The van der Waals surface area contributed by atoms with Gasteiger partial charge in [0, 0.05) is 19.0 Å². The van der Waals surface area contributed by atoms with Crippen LogP contribution in [-0.2, 0) is 21.2 Å². The number of anilines is 1. The molecule has 19 heavy (non-hydrogen) atoms. The van der Waals surface area contributed by atoms with E-state index in [0.717, 1.165) is 10.9 Å². The Bertz CT molecular complexity index is 565. The van der Waals surface area contributed by atoms with Crippen LogP contribution in [0.4, 0.5) is 10.5 Å². The molecule has 0 bridgehead atoms. The van der Waals surface area contributed by atoms with Crippen LogP contribution >= 0.6 is 0 Å². The van der Waals surface area contributed by atoms with Gasteiger partial charge in [0.05, 0.1) is 17.6 Å². The first-order valence-corrected chi connectivity index (χ1v) is 7.29. The predicted molar refractivity (Wildman–Crippen MR) is 66.6 cm³/mol. The van der Waals surface area contributed by atoms with E-state index in [1.807, 2.05) is 0 Å². The van der Waals surface area contributed by atoms with E-state index in [-0.39, 0.29) is 18.8 Å². The third-order valence-corrected chi connectivity index (χ3v) is 2.89. The molecule has 0 aliphatic carbocycles. The number of nitrogens with one attached hydrogen (secondary N) is 2. The van der Waals surface area contributed by atoms with Crippen molar-refractivity contribution in [2.45, 2.75) is 6.54 Å². The van der Waals surface area contributed by atoms with Crippen molar-refractivity contribution in [3.63, 3.8) is 0 Å². The minimum absolute atomic E-state index is 0.00602. The Labute approximate surface area is 109 Å². The van der Waals surface area contributed by atoms with Gasteiger partial charge in [-0.2, -0.15) is 5.10 Å². The maximum Gasteiger partial charge on any atom is 0.325 e. The van der Waals surface area contributed by atoms with Crippen LogP contribution in [0.2, 0.25) is 0 Å². The van der Waals surface area contributed by atoms with Crippen molar-refractivity contribution in [1.29, 1.82) is 0 Å². The van der Waals surface area contributed by atoms with Gasteiger partial charge in [0.25, 0.3) is 0 Å². The van der Waals surface area contributed by atoms with Gasteiger partial charge >= 0.3 is 12.0 Å². The van der Waals surface area contributed by atoms with Gasteiger partial charge in [-0.05, 0) is 0 Å². The average molecular weight is 290 g/mol. The van der Waals surface area contributed by atoms with Crippen LogP contribution in [0.25, 0.3) is 0 Å². The largest absolute Gasteiger partial charge is 0.480 e. The molecule has 10 heteroatoms. The Morgan fingerprint density at radius 3 is 2.74 bits per heavy atom. The minimum Gasteiger partial charge on any atom is -0.480 e. The van der Waals surface area contributed by atoms with Crippen molar-refractivity contribution in [3.8, 4) is 0 Å². The van der Waals surface area contributed by atoms with Crippen LogP contribution in [-0.4, -0.2) is 53.9 Å². The summed E-state index contributed by atoms with van der Waals surface area (Å²) in [5.74, 6) is -1.20. The number of aliphatic carboxylic acids is 1. The molecule has 0 radical (unpaired) electrons. The Hall–Kier alpha value is -2.10. The second-order valence-corrected chi connectivity index (χ2v) is 6.09. The van der Waals surface area contributed by atoms with E-state index in [1.165, 1.54) is 12.4 Å². The molecule has 1 aromatic heterocycles. The molecule has 2 amide bonds. The van der Waals surface area contributed by atoms with E-state index >= 15 is 0 Å². The molecule has 0 aromatic carbocycles. The number of rotatable bonds is 6. The molecule has 1 heterocycles. The number of carboxylic acid groups (broad SMARTS) is 1. The maximum absolute atomic E-state index is 11.4. The lowest BCUT2D eigenvalue weighted by molar-refractivity contribution is -0.137. The number of hydrogen-bond donors (Lipinski definition) is 3. The van der Waals surface area contributed by atoms with Crippen molar-refractivity contribution < 1.29 is 23.1 Å². The van der Waals surface area contributed by atoms with E-state index in [4.69, 9.17) is 5.11 Å². The topological polar surface area (TPSA) is 130 Å². The number of carbonyl (C=O) groups excluding carboxylic acids is 1. The zero-order chi connectivity index (χ0) is 14.5. The summed E-state index contributed by atoms with van der Waals surface area (Å²) < 4.78 is 22.8. The molecule has 106 valence electrons. The summed E-state index contributed by atoms with van der Waals surface area (Å²) in [6, 6.07) is -0.585. The Morgan fingerprint density at radius 2 is 2.16 bits per heavy atom. The Kier molecular flexibility index (Phi) is 4.87. The van der Waals surface area contributed by atoms with Crippen molar-refractivity contribution in [2.24, 2.45) is 0 Å². The monoisotopic (exact) mass is 290 g/mol. The highest BCUT2D eigenvalue weighted by molar-refractivity contribution is 7.90. The minimum atomic E-state index is -3.13. The van der Waals surface area contributed by atoms with E-state index in [1.54, 1.807) is 0 Å². The van der Waals surface area contributed by atoms with Crippen LogP contribution in [0.5, 0.6) is 0 Å². The normalized spacial score (nSPS) is 11.0. The molecule has 9 nitrogen and oxygen atoms in total. The molecule has 0 aliphatic rings. The van der Waals surface area contributed by atoms with Crippen molar-refractivity contribution in [3.05, 3.63) is 12.4 Å². The summed E-state index contributed by atoms with van der Waals surface area (Å²) in [4.78, 5) is 21.8. The van der Waals surface area contributed by atoms with Crippen molar-refractivity contribution in [1.82, 2.24) is 15.1 Å². The molecule has 3 N–H and O–H groups in total. The number of urea groups is 1. The fourth-order valence-electron chi connectivity index (χ4n) is 1.18. The molecule has 0 aliphatic heterocycles. The zero-order valence-corrected chi connectivity index (χ0v) is 11.0. The molecular formula is C9H14N4O5S. The van der Waals surface area contributed by atoms with E-state index < -0.39 is 21.8 Å². The second kappa shape index (κ2) is 6.18. The molecule has 0 atom stereocenters. The Balaban J connectivity index is 2.40. The third kappa shape index (κ3) is 6.41. The van der Waals surface area contributed by atoms with Gasteiger partial charge in [0.1, 0.15) is 16.4 Å². The molecule has 1 rings (SSSR count). The number of carbonyl (C=O) groups is 2. The molecule has 0 fully saturated rings. The van der Waals surface area contributed by atoms with Crippen LogP contribution in [0, 0.1) is 0 Å². The van der Waals surface area contributed by atoms with Gasteiger partial charge < -0.3 is 15.7 Å². The number of sulfone groups is 1. The number of carboxylic acids is 1. The number of nitrogens with zero attached hydrogens (tertiary/aromatic N) is 2. The highest BCUT2D eigenvalue weighted by Gasteiger charge is 2.07. The van der Waals surface area contributed by atoms with Crippen molar-refractivity contribution >= 4 is 27.5 Å². The highest BCUT2D eigenvalue weighted by atomic mass is 32.2. The molecule has 0 saturated carbocycles. The lowest BCUT2D eigenvalue weighted by Gasteiger charge is -2.04. The van der Waals surface area contributed by atoms with Gasteiger partial charge in [0.2, 0.25) is 0 Å². The SMILES string of the molecule is CS(=O)(=O)CCNC(=O)Nc1cnn(CC(=O)O)c1. The first-order valence-electron chi connectivity index (χ1n) is 5.23. The summed E-state index contributed by atoms with van der Waals surface area (Å²) in [7, 11) is -3.13. The Morgan fingerprint density at radius 1 is 1.47 bits per heavy atom. The molecule has 0 spiro atoms. The van der Waals surface area contributed by atoms with E-state index in [0.29, 0.717) is 5.69 Å². The number of amides is 2. The fourth-order valence-corrected chi connectivity index (χ4v) is 1.65. The maximum atomic E-state index is 11.4. The van der Waals surface area contributed by atoms with Gasteiger partial charge in [-0.25, -0.2) is 13.2 Å². The highest BCUT2D eigenvalue weighted by Crippen LogP contribution is 2.04. The average Bonchev–Trinajstić information content (AvgIpc) is 2.62. The summed E-state index contributed by atoms with van der Waals surface area (Å²) in [6.07, 6.45) is 3.71. The predicted octanol–water partition coefficient (Wildman–Crippen LogP) is -0.866. The molecule has 1 aromatic rings. The standard InChI is InChI=1S/C9H14N4O5S/c1-19(17,18)3-2-10-9(16)12-7-4-11-13(5-7)6-8(14)15/h4-5H,2-3,6H2,1H3,(H,14,15)(H2,10,12,16). The van der Waals surface area contributed by atoms with Gasteiger partial charge in [0.15, 0.2) is 0 Å². The van der Waals surface area contributed by atoms with E-state index in [2.05, 4.69) is 15.7 Å². The van der Waals surface area contributed by atoms with Crippen LogP contribution in [0.3, 0.4) is 0 Å². The van der Waals surface area contributed by atoms with Gasteiger partial charge in [-0.15, -0.1) is 0 Å². The molecule has 0 unspecified atom stereocenters. The first-order chi connectivity index (χ1) is 8.76. The quantitative estimate of drug-likeness (QED) is 0.624. The smallest absolute Gasteiger partial charge is 0.325 e. The lowest BCUT2D eigenvalue weighted by Crippen LogP contribution is -2.32. The molecular weight excluding hydrogens is 276 g/mol. The summed E-state index contributed by atoms with van der Waals surface area (Å²) >= 11 is 0. The number of hydrogen-bond acceptors (Lipinski definition) is 5. The second-order valence-electron chi connectivity index (χ2n) is 3.83. The van der Waals surface area contributed by atoms with Crippen LogP contribution < -0.4 is 10.6 Å². The lowest BCUT2D eigenvalue weighted by atomic mass is 10.5. The summed E-state index contributed by atoms with van der Waals surface area (Å²) in [6.45, 7) is -0.314. The number of aromatic nitrogens is 2.